The minimum absolute atomic E-state index is 0.652. The fourth-order valence-electron chi connectivity index (χ4n) is 2.97. The van der Waals surface area contributed by atoms with Gasteiger partial charge in [-0.25, -0.2) is 0 Å². The number of nitrogens with one attached hydrogen (secondary N) is 2. The summed E-state index contributed by atoms with van der Waals surface area (Å²) >= 11 is 0. The number of fused-ring (bicyclic) bond motifs is 4. The molecule has 0 unspecified atom stereocenters. The van der Waals surface area contributed by atoms with Crippen LogP contribution in [0.5, 0.6) is 0 Å². The first kappa shape index (κ1) is 13.7. The van der Waals surface area contributed by atoms with Gasteiger partial charge in [-0.15, -0.1) is 15.3 Å². The zero-order valence-electron chi connectivity index (χ0n) is 13.1. The molecule has 2 aromatic carbocycles. The molecular weight excluding hydrogens is 314 g/mol. The highest BCUT2D eigenvalue weighted by Gasteiger charge is 2.09. The number of rotatable bonds is 3. The van der Waals surface area contributed by atoms with Crippen LogP contribution in [0.4, 0.5) is 5.82 Å². The molecule has 5 aromatic rings. The van der Waals surface area contributed by atoms with Crippen LogP contribution in [0.1, 0.15) is 5.56 Å². The average molecular weight is 327 g/mol. The van der Waals surface area contributed by atoms with Crippen molar-refractivity contribution in [2.24, 2.45) is 5.10 Å². The summed E-state index contributed by atoms with van der Waals surface area (Å²) in [7, 11) is 0. The minimum atomic E-state index is 0.652. The van der Waals surface area contributed by atoms with Crippen LogP contribution >= 0.6 is 0 Å². The van der Waals surface area contributed by atoms with Gasteiger partial charge < -0.3 is 4.98 Å². The van der Waals surface area contributed by atoms with Gasteiger partial charge >= 0.3 is 0 Å². The zero-order chi connectivity index (χ0) is 16.6. The van der Waals surface area contributed by atoms with E-state index in [4.69, 9.17) is 0 Å². The van der Waals surface area contributed by atoms with E-state index in [-0.39, 0.29) is 0 Å². The Kier molecular flexibility index (Phi) is 2.96. The predicted octanol–water partition coefficient (Wildman–Crippen LogP) is 3.20. The molecule has 7 heteroatoms. The van der Waals surface area contributed by atoms with Crippen molar-refractivity contribution in [1.82, 2.24) is 24.8 Å². The molecule has 0 saturated carbocycles. The molecular formula is C18H13N7. The van der Waals surface area contributed by atoms with E-state index in [1.165, 1.54) is 0 Å². The molecule has 0 bridgehead atoms. The molecule has 120 valence electrons. The first-order chi connectivity index (χ1) is 12.4. The highest BCUT2D eigenvalue weighted by atomic mass is 15.4. The SMILES string of the molecule is C(=N/Nc1nn2cnnc2c2ccccc12)/c1c[nH]c2ccccc12. The Morgan fingerprint density at radius 2 is 1.80 bits per heavy atom. The second kappa shape index (κ2) is 5.41. The Hall–Kier alpha value is -3.74. The summed E-state index contributed by atoms with van der Waals surface area (Å²) in [4.78, 5) is 3.23. The summed E-state index contributed by atoms with van der Waals surface area (Å²) in [6, 6.07) is 16.0. The van der Waals surface area contributed by atoms with Gasteiger partial charge in [0.15, 0.2) is 11.5 Å². The summed E-state index contributed by atoms with van der Waals surface area (Å²) in [6.45, 7) is 0. The lowest BCUT2D eigenvalue weighted by Crippen LogP contribution is -2.00. The lowest BCUT2D eigenvalue weighted by atomic mass is 10.2. The van der Waals surface area contributed by atoms with Crippen LogP contribution in [0.2, 0.25) is 0 Å². The molecule has 5 rings (SSSR count). The number of hydrazone groups is 1. The maximum atomic E-state index is 4.50. The third kappa shape index (κ3) is 2.21. The summed E-state index contributed by atoms with van der Waals surface area (Å²) in [5, 5.41) is 20.0. The maximum Gasteiger partial charge on any atom is 0.185 e. The summed E-state index contributed by atoms with van der Waals surface area (Å²) in [6.07, 6.45) is 5.30. The number of aromatic amines is 1. The van der Waals surface area contributed by atoms with Crippen LogP contribution in [0.25, 0.3) is 27.3 Å². The molecule has 7 nitrogen and oxygen atoms in total. The number of hydrogen-bond donors (Lipinski definition) is 2. The fraction of sp³-hybridized carbons (Fsp3) is 0. The van der Waals surface area contributed by atoms with Gasteiger partial charge in [-0.3, -0.25) is 5.43 Å². The average Bonchev–Trinajstić information content (AvgIpc) is 3.29. The van der Waals surface area contributed by atoms with E-state index >= 15 is 0 Å². The van der Waals surface area contributed by atoms with E-state index < -0.39 is 0 Å². The Morgan fingerprint density at radius 1 is 1.00 bits per heavy atom. The topological polar surface area (TPSA) is 83.3 Å². The van der Waals surface area contributed by atoms with Crippen LogP contribution in [0.3, 0.4) is 0 Å². The van der Waals surface area contributed by atoms with E-state index in [9.17, 15) is 0 Å². The number of aromatic nitrogens is 5. The molecule has 0 radical (unpaired) electrons. The molecule has 0 fully saturated rings. The van der Waals surface area contributed by atoms with Gasteiger partial charge in [0.1, 0.15) is 6.33 Å². The lowest BCUT2D eigenvalue weighted by molar-refractivity contribution is 0.934. The van der Waals surface area contributed by atoms with E-state index in [1.807, 2.05) is 48.7 Å². The fourth-order valence-corrected chi connectivity index (χ4v) is 2.97. The number of benzene rings is 2. The largest absolute Gasteiger partial charge is 0.361 e. The highest BCUT2D eigenvalue weighted by molar-refractivity contribution is 6.01. The van der Waals surface area contributed by atoms with Crippen LogP contribution in [-0.2, 0) is 0 Å². The minimum Gasteiger partial charge on any atom is -0.361 e. The van der Waals surface area contributed by atoms with E-state index in [0.717, 1.165) is 32.9 Å². The molecule has 0 aliphatic carbocycles. The zero-order valence-corrected chi connectivity index (χ0v) is 13.1. The third-order valence-electron chi connectivity index (χ3n) is 4.16. The highest BCUT2D eigenvalue weighted by Crippen LogP contribution is 2.24. The molecule has 0 spiro atoms. The van der Waals surface area contributed by atoms with Crippen molar-refractivity contribution in [2.75, 3.05) is 5.43 Å². The van der Waals surface area contributed by atoms with E-state index in [2.05, 4.69) is 36.9 Å². The summed E-state index contributed by atoms with van der Waals surface area (Å²) in [5.41, 5.74) is 5.86. The number of hydrogen-bond acceptors (Lipinski definition) is 5. The summed E-state index contributed by atoms with van der Waals surface area (Å²) < 4.78 is 1.64. The molecule has 3 heterocycles. The molecule has 2 N–H and O–H groups in total. The maximum absolute atomic E-state index is 4.50. The Morgan fingerprint density at radius 3 is 2.72 bits per heavy atom. The molecule has 0 atom stereocenters. The van der Waals surface area contributed by atoms with Crippen molar-refractivity contribution in [3.05, 3.63) is 66.6 Å². The number of para-hydroxylation sites is 1. The second-order valence-electron chi connectivity index (χ2n) is 5.65. The monoisotopic (exact) mass is 327 g/mol. The van der Waals surface area contributed by atoms with Crippen molar-refractivity contribution in [2.45, 2.75) is 0 Å². The summed E-state index contributed by atoms with van der Waals surface area (Å²) in [5.74, 6) is 0.652. The van der Waals surface area contributed by atoms with Crippen molar-refractivity contribution in [3.63, 3.8) is 0 Å². The van der Waals surface area contributed by atoms with Crippen molar-refractivity contribution in [3.8, 4) is 0 Å². The van der Waals surface area contributed by atoms with Crippen LogP contribution in [0.15, 0.2) is 66.2 Å². The van der Waals surface area contributed by atoms with Crippen molar-refractivity contribution < 1.29 is 0 Å². The van der Waals surface area contributed by atoms with Gasteiger partial charge in [-0.05, 0) is 6.07 Å². The normalized spacial score (nSPS) is 11.8. The van der Waals surface area contributed by atoms with Crippen LogP contribution in [-0.4, -0.2) is 31.0 Å². The Balaban J connectivity index is 1.55. The first-order valence-corrected chi connectivity index (χ1v) is 7.84. The van der Waals surface area contributed by atoms with Gasteiger partial charge in [-0.2, -0.15) is 9.62 Å². The second-order valence-corrected chi connectivity index (χ2v) is 5.65. The molecule has 0 aliphatic heterocycles. The van der Waals surface area contributed by atoms with Gasteiger partial charge in [0, 0.05) is 33.4 Å². The Labute approximate surface area is 142 Å². The first-order valence-electron chi connectivity index (χ1n) is 7.84. The predicted molar refractivity (Wildman–Crippen MR) is 97.8 cm³/mol. The lowest BCUT2D eigenvalue weighted by Gasteiger charge is -2.05. The van der Waals surface area contributed by atoms with Gasteiger partial charge in [0.25, 0.3) is 0 Å². The quantitative estimate of drug-likeness (QED) is 0.394. The van der Waals surface area contributed by atoms with Gasteiger partial charge in [0.05, 0.1) is 6.21 Å². The van der Waals surface area contributed by atoms with Crippen molar-refractivity contribution >= 4 is 39.4 Å². The van der Waals surface area contributed by atoms with Crippen LogP contribution < -0.4 is 5.43 Å². The van der Waals surface area contributed by atoms with Gasteiger partial charge in [0.2, 0.25) is 0 Å². The number of H-pyrrole nitrogens is 1. The molecule has 0 amide bonds. The Bertz CT molecular complexity index is 1230. The smallest absolute Gasteiger partial charge is 0.185 e. The third-order valence-corrected chi connectivity index (χ3v) is 4.16. The standard InChI is InChI=1S/C18H13N7/c1-2-7-15-14(6-1)17(24-25-11-21-23-18(15)25)22-20-10-12-9-19-16-8-4-3-5-13(12)16/h1-11,19H,(H,22,24)/b20-10-. The number of anilines is 1. The molecule has 25 heavy (non-hydrogen) atoms. The number of nitrogens with zero attached hydrogens (tertiary/aromatic N) is 5. The van der Waals surface area contributed by atoms with E-state index in [0.29, 0.717) is 5.82 Å². The van der Waals surface area contributed by atoms with Gasteiger partial charge in [-0.1, -0.05) is 42.5 Å². The van der Waals surface area contributed by atoms with Crippen molar-refractivity contribution in [1.29, 1.82) is 0 Å². The van der Waals surface area contributed by atoms with E-state index in [1.54, 1.807) is 17.1 Å². The van der Waals surface area contributed by atoms with Crippen LogP contribution in [0, 0.1) is 0 Å². The molecule has 0 saturated heterocycles. The molecule has 3 aromatic heterocycles. The molecule has 0 aliphatic rings.